The molecule has 0 saturated carbocycles. The van der Waals surface area contributed by atoms with Crippen molar-refractivity contribution in [2.45, 2.75) is 92.4 Å². The summed E-state index contributed by atoms with van der Waals surface area (Å²) in [6.07, 6.45) is 1.82. The van der Waals surface area contributed by atoms with Crippen LogP contribution in [0.1, 0.15) is 113 Å². The van der Waals surface area contributed by atoms with E-state index in [1.54, 1.807) is 38.1 Å². The second-order valence-corrected chi connectivity index (χ2v) is 8.50. The van der Waals surface area contributed by atoms with Gasteiger partial charge in [0, 0.05) is 56.4 Å². The van der Waals surface area contributed by atoms with Gasteiger partial charge < -0.3 is 39.2 Å². The van der Waals surface area contributed by atoms with Crippen LogP contribution >= 0.6 is 0 Å². The van der Waals surface area contributed by atoms with Crippen LogP contribution in [0.15, 0.2) is 24.3 Å². The van der Waals surface area contributed by atoms with E-state index in [9.17, 15) is 53.7 Å². The van der Waals surface area contributed by atoms with Gasteiger partial charge in [-0.05, 0) is 45.2 Å². The predicted molar refractivity (Wildman–Crippen MR) is 153 cm³/mol. The van der Waals surface area contributed by atoms with Crippen LogP contribution in [0.4, 0.5) is 0 Å². The number of esters is 2. The molecule has 0 aromatic heterocycles. The molecule has 1 aromatic rings. The zero-order valence-electron chi connectivity index (χ0n) is 26.0. The summed E-state index contributed by atoms with van der Waals surface area (Å²) < 4.78 is 9.70. The summed E-state index contributed by atoms with van der Waals surface area (Å²) in [6, 6.07) is 6.44. The fourth-order valence-electron chi connectivity index (χ4n) is 2.84. The first-order valence-corrected chi connectivity index (χ1v) is 13.8. The van der Waals surface area contributed by atoms with Gasteiger partial charge in [0.05, 0.1) is 24.3 Å². The molecular formula is C30H41AlO13. The number of carbonyl (C=O) groups excluding carboxylic acids is 8. The molecule has 1 aromatic carbocycles. The Morgan fingerprint density at radius 3 is 0.955 bits per heavy atom. The second-order valence-electron chi connectivity index (χ2n) is 8.50. The Balaban J connectivity index is -0.000000251. The monoisotopic (exact) mass is 636 g/mol. The number of hydrogen-bond donors (Lipinski definition) is 0. The van der Waals surface area contributed by atoms with E-state index in [2.05, 4.69) is 0 Å². The van der Waals surface area contributed by atoms with Gasteiger partial charge in [-0.3, -0.25) is 14.4 Å². The third-order valence-electron chi connectivity index (χ3n) is 4.53. The number of carbonyl (C=O) groups is 8. The normalized spacial score (nSPS) is 9.02. The van der Waals surface area contributed by atoms with Crippen LogP contribution in [0.3, 0.4) is 0 Å². The average molecular weight is 637 g/mol. The minimum Gasteiger partial charge on any atom is -0.550 e. The molecule has 0 aliphatic carbocycles. The molecule has 0 aliphatic rings. The molecule has 0 amide bonds. The van der Waals surface area contributed by atoms with E-state index in [4.69, 9.17) is 9.47 Å². The Labute approximate surface area is 268 Å². The molecule has 0 bridgehead atoms. The topological polar surface area (TPSA) is 224 Å². The van der Waals surface area contributed by atoms with Crippen molar-refractivity contribution < 1.29 is 63.1 Å². The molecule has 0 saturated heterocycles. The molecule has 0 atom stereocenters. The van der Waals surface area contributed by atoms with Crippen molar-refractivity contribution in [2.24, 2.45) is 0 Å². The molecule has 13 nitrogen and oxygen atoms in total. The van der Waals surface area contributed by atoms with E-state index in [0.717, 1.165) is 0 Å². The summed E-state index contributed by atoms with van der Waals surface area (Å²) in [6.45, 7) is 9.45. The maximum absolute atomic E-state index is 11.5. The average Bonchev–Trinajstić information content (AvgIpc) is 2.89. The molecule has 0 unspecified atom stereocenters. The van der Waals surface area contributed by atoms with Gasteiger partial charge in [-0.25, -0.2) is 9.59 Å². The van der Waals surface area contributed by atoms with Crippen molar-refractivity contribution in [1.82, 2.24) is 0 Å². The van der Waals surface area contributed by atoms with Gasteiger partial charge in [0.2, 0.25) is 0 Å². The predicted octanol–water partition coefficient (Wildman–Crippen LogP) is 0.146. The van der Waals surface area contributed by atoms with E-state index in [1.165, 1.54) is 0 Å². The van der Waals surface area contributed by atoms with Crippen molar-refractivity contribution in [3.05, 3.63) is 35.4 Å². The SMILES string of the molecule is CCCC(=O)CC(=O)[O-].CCCC(=O)CC(=O)[O-].CCCC(=O)CC(=O)[O-].CCOC(=O)c1ccccc1C(=O)OCC.[Al+3]. The summed E-state index contributed by atoms with van der Waals surface area (Å²) in [5, 5.41) is 29.3. The van der Waals surface area contributed by atoms with Crippen LogP contribution in [-0.4, -0.2) is 77.8 Å². The van der Waals surface area contributed by atoms with Gasteiger partial charge in [-0.2, -0.15) is 0 Å². The van der Waals surface area contributed by atoms with E-state index < -0.39 is 49.1 Å². The van der Waals surface area contributed by atoms with Gasteiger partial charge in [0.1, 0.15) is 17.3 Å². The van der Waals surface area contributed by atoms with Crippen LogP contribution in [0.2, 0.25) is 0 Å². The van der Waals surface area contributed by atoms with E-state index in [1.807, 2.05) is 20.8 Å². The smallest absolute Gasteiger partial charge is 0.550 e. The summed E-state index contributed by atoms with van der Waals surface area (Å²) in [5.41, 5.74) is 0.477. The number of ether oxygens (including phenoxy) is 2. The first-order valence-electron chi connectivity index (χ1n) is 13.8. The van der Waals surface area contributed by atoms with Gasteiger partial charge in [-0.1, -0.05) is 32.9 Å². The summed E-state index contributed by atoms with van der Waals surface area (Å²) in [4.78, 5) is 83.6. The van der Waals surface area contributed by atoms with E-state index in [0.29, 0.717) is 38.5 Å². The molecule has 14 heteroatoms. The standard InChI is InChI=1S/C12H14O4.3C6H10O3.Al/c1-3-15-11(13)9-7-5-6-8-10(9)12(14)16-4-2;3*1-2-3-5(7)4-6(8)9;/h5-8H,3-4H2,1-2H3;3*2-4H2,1H3,(H,8,9);/q;;;;+3/p-3. The quantitative estimate of drug-likeness (QED) is 0.134. The number of carboxylic acids is 3. The van der Waals surface area contributed by atoms with Crippen LogP contribution in [0.25, 0.3) is 0 Å². The van der Waals surface area contributed by atoms with Gasteiger partial charge in [-0.15, -0.1) is 0 Å². The van der Waals surface area contributed by atoms with Crippen LogP contribution in [0.5, 0.6) is 0 Å². The number of aliphatic carboxylic acids is 3. The summed E-state index contributed by atoms with van der Waals surface area (Å²) in [7, 11) is 0. The Morgan fingerprint density at radius 1 is 0.523 bits per heavy atom. The third-order valence-corrected chi connectivity index (χ3v) is 4.53. The summed E-state index contributed by atoms with van der Waals surface area (Å²) >= 11 is 0. The van der Waals surface area contributed by atoms with E-state index >= 15 is 0 Å². The number of carboxylic acid groups (broad SMARTS) is 3. The molecule has 242 valence electrons. The van der Waals surface area contributed by atoms with Gasteiger partial charge in [0.15, 0.2) is 0 Å². The molecular weight excluding hydrogens is 595 g/mol. The van der Waals surface area contributed by atoms with Gasteiger partial charge >= 0.3 is 29.3 Å². The largest absolute Gasteiger partial charge is 3.00 e. The molecule has 0 radical (unpaired) electrons. The number of Topliss-reactive ketones (excluding diaryl/α,β-unsaturated/α-hetero) is 3. The van der Waals surface area contributed by atoms with Crippen molar-refractivity contribution in [1.29, 1.82) is 0 Å². The van der Waals surface area contributed by atoms with Crippen molar-refractivity contribution in [2.75, 3.05) is 13.2 Å². The minimum absolute atomic E-state index is 0. The first-order chi connectivity index (χ1) is 20.2. The zero-order chi connectivity index (χ0) is 33.8. The Kier molecular flexibility index (Phi) is 32.7. The van der Waals surface area contributed by atoms with E-state index in [-0.39, 0.29) is 59.1 Å². The van der Waals surface area contributed by atoms with Crippen molar-refractivity contribution in [3.63, 3.8) is 0 Å². The van der Waals surface area contributed by atoms with Crippen molar-refractivity contribution >= 4 is 64.6 Å². The van der Waals surface area contributed by atoms with Crippen LogP contribution in [-0.2, 0) is 38.2 Å². The number of hydrogen-bond acceptors (Lipinski definition) is 13. The second kappa shape index (κ2) is 30.6. The molecule has 0 N–H and O–H groups in total. The Hall–Kier alpha value is -3.89. The maximum Gasteiger partial charge on any atom is 3.00 e. The minimum atomic E-state index is -1.28. The fourth-order valence-corrected chi connectivity index (χ4v) is 2.84. The molecule has 1 rings (SSSR count). The van der Waals surface area contributed by atoms with Gasteiger partial charge in [0.25, 0.3) is 0 Å². The number of ketones is 3. The first kappa shape index (κ1) is 47.1. The summed E-state index contributed by atoms with van der Waals surface area (Å²) in [5.74, 6) is -5.62. The van der Waals surface area contributed by atoms with Crippen LogP contribution in [0, 0.1) is 0 Å². The Bertz CT molecular complexity index is 943. The number of rotatable bonds is 16. The third kappa shape index (κ3) is 29.6. The fraction of sp³-hybridized carbons (Fsp3) is 0.533. The van der Waals surface area contributed by atoms with Crippen molar-refractivity contribution in [3.8, 4) is 0 Å². The number of benzene rings is 1. The zero-order valence-corrected chi connectivity index (χ0v) is 27.1. The molecule has 0 aliphatic heterocycles. The molecule has 0 spiro atoms. The molecule has 0 fully saturated rings. The Morgan fingerprint density at radius 2 is 0.773 bits per heavy atom. The molecule has 44 heavy (non-hydrogen) atoms. The maximum atomic E-state index is 11.5. The van der Waals surface area contributed by atoms with Crippen LogP contribution < -0.4 is 15.3 Å². The molecule has 0 heterocycles.